The normalized spacial score (nSPS) is 16.8. The fourth-order valence-corrected chi connectivity index (χ4v) is 6.93. The highest BCUT2D eigenvalue weighted by atomic mass is 32.2. The van der Waals surface area contributed by atoms with Crippen molar-refractivity contribution in [2.24, 2.45) is 4.99 Å². The molecule has 0 N–H and O–H groups in total. The Kier molecular flexibility index (Phi) is 5.98. The minimum Gasteiger partial charge on any atom is -0.443 e. The molecule has 0 spiro atoms. The standard InChI is InChI=1S/C32H26N8O7S/c1-9-18-26-35-20(11(3)43-26)28-37-22(13(5)45-28)30-39-23(15(7)47-30)32-40-24(16(8)48-32)31-38-21(14(6)46-31)29-36-19(12(4)44-29)27-34-17(10(2)42-27)25(33-18)41-9/h16,24H,1-8H3. The van der Waals surface area contributed by atoms with E-state index in [0.29, 0.717) is 97.0 Å². The first-order chi connectivity index (χ1) is 23.0. The topological polar surface area (TPSA) is 195 Å². The Hall–Kier alpha value is -5.51. The van der Waals surface area contributed by atoms with Crippen LogP contribution in [-0.2, 0) is 0 Å². The Balaban J connectivity index is 1.24. The number of hydrogen-bond acceptors (Lipinski definition) is 16. The summed E-state index contributed by atoms with van der Waals surface area (Å²) in [5.74, 6) is 5.52. The SMILES string of the molecule is Cc1oc2nc1C1=NC(c3nc(c(C)o3)-c3nc(c(C)o3)-c3nc(c(C)o3)-c3nc(c(C)o3)-c3nc(c(C)o3)-c3nc-2c(C)o3)C(C)S1. The van der Waals surface area contributed by atoms with Gasteiger partial charge in [0.25, 0.3) is 0 Å². The van der Waals surface area contributed by atoms with Gasteiger partial charge in [0.2, 0.25) is 41.2 Å². The van der Waals surface area contributed by atoms with E-state index in [1.54, 1.807) is 46.4 Å². The monoisotopic (exact) mass is 666 g/mol. The molecule has 0 aliphatic carbocycles. The number of oxazole rings is 7. The van der Waals surface area contributed by atoms with E-state index in [9.17, 15) is 0 Å². The van der Waals surface area contributed by atoms with E-state index in [0.717, 1.165) is 0 Å². The number of aliphatic imine (C=N–C) groups is 1. The van der Waals surface area contributed by atoms with Gasteiger partial charge in [-0.2, -0.15) is 0 Å². The first kappa shape index (κ1) is 28.7. The van der Waals surface area contributed by atoms with Crippen LogP contribution in [0.4, 0.5) is 0 Å². The molecular weight excluding hydrogens is 640 g/mol. The highest BCUT2D eigenvalue weighted by Crippen LogP contribution is 2.43. The lowest BCUT2D eigenvalue weighted by atomic mass is 10.2. The summed E-state index contributed by atoms with van der Waals surface area (Å²) in [5, 5.41) is 0.705. The van der Waals surface area contributed by atoms with E-state index in [2.05, 4.69) is 21.9 Å². The van der Waals surface area contributed by atoms with Gasteiger partial charge in [-0.1, -0.05) is 18.7 Å². The number of fused-ring (bicyclic) bond motifs is 23. The van der Waals surface area contributed by atoms with Gasteiger partial charge in [0, 0.05) is 5.25 Å². The van der Waals surface area contributed by atoms with E-state index in [4.69, 9.17) is 55.8 Å². The number of aryl methyl sites for hydroxylation is 7. The Morgan fingerprint density at radius 3 is 1.06 bits per heavy atom. The molecule has 0 saturated carbocycles. The van der Waals surface area contributed by atoms with E-state index in [1.807, 2.05) is 13.8 Å². The number of aromatic nitrogens is 7. The second-order valence-electron chi connectivity index (χ2n) is 11.7. The quantitative estimate of drug-likeness (QED) is 0.153. The van der Waals surface area contributed by atoms with Gasteiger partial charge >= 0.3 is 0 Å². The molecule has 2 unspecified atom stereocenters. The molecule has 15 nitrogen and oxygen atoms in total. The van der Waals surface area contributed by atoms with Crippen LogP contribution in [0.5, 0.6) is 0 Å². The van der Waals surface area contributed by atoms with E-state index in [-0.39, 0.29) is 40.7 Å². The predicted molar refractivity (Wildman–Crippen MR) is 169 cm³/mol. The molecule has 242 valence electrons. The average Bonchev–Trinajstić information content (AvgIpc) is 3.87. The molecule has 7 aromatic rings. The summed E-state index contributed by atoms with van der Waals surface area (Å²) in [6.45, 7) is 14.6. The van der Waals surface area contributed by atoms with Crippen LogP contribution < -0.4 is 0 Å². The summed E-state index contributed by atoms with van der Waals surface area (Å²) in [7, 11) is 0. The predicted octanol–water partition coefficient (Wildman–Crippen LogP) is 7.70. The summed E-state index contributed by atoms with van der Waals surface area (Å²) in [6.07, 6.45) is 0. The fraction of sp³-hybridized carbons (Fsp3) is 0.312. The van der Waals surface area contributed by atoms with Crippen molar-refractivity contribution >= 4 is 16.8 Å². The van der Waals surface area contributed by atoms with Gasteiger partial charge in [0.1, 0.15) is 57.1 Å². The third-order valence-electron chi connectivity index (χ3n) is 8.26. The molecule has 16 heteroatoms. The van der Waals surface area contributed by atoms with Crippen LogP contribution in [0.25, 0.3) is 69.5 Å². The van der Waals surface area contributed by atoms with E-state index in [1.165, 1.54) is 0 Å². The molecule has 0 fully saturated rings. The van der Waals surface area contributed by atoms with Crippen LogP contribution in [0.15, 0.2) is 35.9 Å². The smallest absolute Gasteiger partial charge is 0.249 e. The van der Waals surface area contributed by atoms with Crippen molar-refractivity contribution in [1.82, 2.24) is 34.9 Å². The largest absolute Gasteiger partial charge is 0.443 e. The van der Waals surface area contributed by atoms with E-state index < -0.39 is 0 Å². The summed E-state index contributed by atoms with van der Waals surface area (Å²) < 4.78 is 42.5. The first-order valence-corrected chi connectivity index (χ1v) is 16.0. The number of nitrogens with zero attached hydrogens (tertiary/aromatic N) is 8. The number of thioether (sulfide) groups is 1. The third kappa shape index (κ3) is 4.21. The fourth-order valence-electron chi connectivity index (χ4n) is 5.79. The molecule has 48 heavy (non-hydrogen) atoms. The van der Waals surface area contributed by atoms with Crippen LogP contribution in [0.3, 0.4) is 0 Å². The number of rotatable bonds is 0. The van der Waals surface area contributed by atoms with Crippen molar-refractivity contribution in [2.45, 2.75) is 66.7 Å². The zero-order valence-corrected chi connectivity index (χ0v) is 27.8. The van der Waals surface area contributed by atoms with Crippen LogP contribution in [0.2, 0.25) is 0 Å². The van der Waals surface area contributed by atoms with Crippen LogP contribution in [-0.4, -0.2) is 45.2 Å². The second kappa shape index (κ2) is 10.00. The Morgan fingerprint density at radius 2 is 0.688 bits per heavy atom. The van der Waals surface area contributed by atoms with Crippen molar-refractivity contribution in [3.05, 3.63) is 51.9 Å². The molecule has 0 radical (unpaired) electrons. The van der Waals surface area contributed by atoms with Gasteiger partial charge in [-0.25, -0.2) is 34.9 Å². The molecule has 2 atom stereocenters. The maximum atomic E-state index is 6.15. The molecule has 0 saturated heterocycles. The van der Waals surface area contributed by atoms with Crippen molar-refractivity contribution in [3.63, 3.8) is 0 Å². The van der Waals surface area contributed by atoms with Crippen molar-refractivity contribution in [3.8, 4) is 69.5 Å². The second-order valence-corrected chi connectivity index (χ2v) is 13.1. The van der Waals surface area contributed by atoms with Gasteiger partial charge in [-0.3, -0.25) is 4.99 Å². The van der Waals surface area contributed by atoms with Crippen LogP contribution >= 0.6 is 11.8 Å². The Morgan fingerprint density at radius 1 is 0.396 bits per heavy atom. The summed E-state index contributed by atoms with van der Waals surface area (Å²) >= 11 is 1.56. The minimum absolute atomic E-state index is 0.000517. The van der Waals surface area contributed by atoms with Gasteiger partial charge in [-0.15, -0.1) is 0 Å². The van der Waals surface area contributed by atoms with Gasteiger partial charge < -0.3 is 30.9 Å². The van der Waals surface area contributed by atoms with Crippen LogP contribution in [0, 0.1) is 48.5 Å². The Labute approximate surface area is 275 Å². The molecule has 0 amide bonds. The highest BCUT2D eigenvalue weighted by Gasteiger charge is 2.36. The minimum atomic E-state index is -0.381. The zero-order valence-electron chi connectivity index (χ0n) is 27.0. The molecular formula is C32H26N8O7S. The molecule has 9 rings (SSSR count). The van der Waals surface area contributed by atoms with Gasteiger partial charge in [-0.05, 0) is 48.5 Å². The maximum Gasteiger partial charge on any atom is 0.249 e. The van der Waals surface area contributed by atoms with Crippen LogP contribution in [0.1, 0.15) is 64.9 Å². The van der Waals surface area contributed by atoms with Gasteiger partial charge in [0.05, 0.1) is 0 Å². The van der Waals surface area contributed by atoms with Crippen molar-refractivity contribution < 1.29 is 30.9 Å². The van der Waals surface area contributed by atoms with Crippen molar-refractivity contribution in [1.29, 1.82) is 0 Å². The van der Waals surface area contributed by atoms with Gasteiger partial charge in [0.15, 0.2) is 34.2 Å². The lowest BCUT2D eigenvalue weighted by Crippen LogP contribution is -2.05. The first-order valence-electron chi connectivity index (χ1n) is 15.1. The molecule has 9 heterocycles. The highest BCUT2D eigenvalue weighted by molar-refractivity contribution is 8.15. The number of hydrogen-bond donors (Lipinski definition) is 0. The summed E-state index contributed by atoms with van der Waals surface area (Å²) in [4.78, 5) is 38.0. The van der Waals surface area contributed by atoms with E-state index >= 15 is 0 Å². The molecule has 7 aromatic heterocycles. The van der Waals surface area contributed by atoms with Crippen molar-refractivity contribution in [2.75, 3.05) is 0 Å². The summed E-state index contributed by atoms with van der Waals surface area (Å²) in [6, 6.07) is -0.381. The molecule has 16 bridgehead atoms. The zero-order chi connectivity index (χ0) is 33.2. The molecule has 2 aliphatic heterocycles. The molecule has 2 aliphatic rings. The average molecular weight is 667 g/mol. The maximum absolute atomic E-state index is 6.15. The lowest BCUT2D eigenvalue weighted by molar-refractivity contribution is 0.434. The lowest BCUT2D eigenvalue weighted by Gasteiger charge is -2.06. The summed E-state index contributed by atoms with van der Waals surface area (Å²) in [5.41, 5.74) is 3.13. The molecule has 0 aromatic carbocycles. The third-order valence-corrected chi connectivity index (χ3v) is 9.41. The Bertz CT molecular complexity index is 2460.